The number of unbranched alkanes of at least 4 members (excludes halogenated alkanes) is 16. The van der Waals surface area contributed by atoms with E-state index in [1.807, 2.05) is 12.1 Å². The minimum Gasteiger partial charge on any atom is -0.274 e. The Bertz CT molecular complexity index is 2880. The maximum atomic E-state index is 15.4. The van der Waals surface area contributed by atoms with Gasteiger partial charge in [0.05, 0.1) is 40.3 Å². The van der Waals surface area contributed by atoms with Crippen molar-refractivity contribution in [1.82, 2.24) is 9.13 Å². The molecule has 0 radical (unpaired) electrons. The summed E-state index contributed by atoms with van der Waals surface area (Å²) < 4.78 is 5.12. The molecular weight excluding hydrogens is 925 g/mol. The summed E-state index contributed by atoms with van der Waals surface area (Å²) in [5.41, 5.74) is -2.17. The van der Waals surface area contributed by atoms with Gasteiger partial charge in [0.25, 0.3) is 22.2 Å². The van der Waals surface area contributed by atoms with Crippen molar-refractivity contribution < 1.29 is 0 Å². The third kappa shape index (κ3) is 11.5. The Morgan fingerprint density at radius 1 is 0.456 bits per heavy atom. The van der Waals surface area contributed by atoms with Gasteiger partial charge in [-0.2, -0.15) is 20.2 Å². The lowest BCUT2D eigenvalue weighted by atomic mass is 9.92. The van der Waals surface area contributed by atoms with E-state index in [1.54, 1.807) is 0 Å². The van der Waals surface area contributed by atoms with Crippen molar-refractivity contribution >= 4 is 108 Å². The lowest BCUT2D eigenvalue weighted by Crippen LogP contribution is -2.38. The lowest BCUT2D eigenvalue weighted by Gasteiger charge is -2.21. The predicted molar refractivity (Wildman–Crippen MR) is 289 cm³/mol. The third-order valence-corrected chi connectivity index (χ3v) is 19.0. The summed E-state index contributed by atoms with van der Waals surface area (Å²) in [5.74, 6) is -0.0633. The molecule has 0 aliphatic carbocycles. The number of aromatic nitrogens is 2. The van der Waals surface area contributed by atoms with Gasteiger partial charge in [0.2, 0.25) is 0 Å². The maximum Gasteiger partial charge on any atom is 0.546 e. The summed E-state index contributed by atoms with van der Waals surface area (Å²) in [4.78, 5) is 68.7. The number of fused-ring (bicyclic) bond motifs is 6. The van der Waals surface area contributed by atoms with Crippen LogP contribution in [-0.4, -0.2) is 9.13 Å². The average Bonchev–Trinajstić information content (AvgIpc) is 3.97. The van der Waals surface area contributed by atoms with Gasteiger partial charge in [-0.3, -0.25) is 28.3 Å². The van der Waals surface area contributed by atoms with E-state index < -0.39 is 22.2 Å². The molecule has 0 bridgehead atoms. The number of hydrogen-bond donors (Lipinski definition) is 0. The summed E-state index contributed by atoms with van der Waals surface area (Å²) >= 11 is 4.47. The van der Waals surface area contributed by atoms with Crippen molar-refractivity contribution in [2.75, 3.05) is 0 Å². The Morgan fingerprint density at radius 2 is 0.735 bits per heavy atom. The van der Waals surface area contributed by atoms with Crippen LogP contribution < -0.4 is 29.9 Å². The molecule has 68 heavy (non-hydrogen) atoms. The minimum absolute atomic E-state index is 0.0547. The summed E-state index contributed by atoms with van der Waals surface area (Å²) in [5, 5.41) is 21.5. The van der Waals surface area contributed by atoms with Crippen molar-refractivity contribution in [3.63, 3.8) is 0 Å². The Labute approximate surface area is 415 Å². The Hall–Kier alpha value is -4.70. The smallest absolute Gasteiger partial charge is 0.274 e. The molecule has 0 aliphatic rings. The molecule has 6 aromatic rings. The van der Waals surface area contributed by atoms with Crippen LogP contribution in [0, 0.1) is 47.6 Å². The Balaban J connectivity index is 1.70. The summed E-state index contributed by atoms with van der Waals surface area (Å²) in [6, 6.07) is 4.02. The van der Waals surface area contributed by atoms with E-state index in [1.165, 1.54) is 34.8 Å². The van der Waals surface area contributed by atoms with Crippen molar-refractivity contribution in [3.05, 3.63) is 71.9 Å². The van der Waals surface area contributed by atoms with Crippen molar-refractivity contribution in [1.29, 1.82) is 10.5 Å². The number of pyridine rings is 2. The second-order valence-electron chi connectivity index (χ2n) is 18.7. The van der Waals surface area contributed by atoms with Gasteiger partial charge in [0.1, 0.15) is 29.1 Å². The zero-order chi connectivity index (χ0) is 48.7. The normalized spacial score (nSPS) is 12.5. The van der Waals surface area contributed by atoms with Gasteiger partial charge >= 0.3 is 5.82 Å². The van der Waals surface area contributed by atoms with Gasteiger partial charge in [-0.05, 0) is 37.5 Å². The molecule has 0 fully saturated rings. The van der Waals surface area contributed by atoms with Crippen LogP contribution in [-0.2, 0) is 13.1 Å². The molecule has 10 nitrogen and oxygen atoms in total. The third-order valence-electron chi connectivity index (χ3n) is 13.8. The van der Waals surface area contributed by atoms with E-state index in [-0.39, 0.29) is 68.6 Å². The largest absolute Gasteiger partial charge is 0.546 e. The Kier molecular flexibility index (Phi) is 20.0. The fourth-order valence-corrected chi connectivity index (χ4v) is 15.3. The summed E-state index contributed by atoms with van der Waals surface area (Å²) in [6.07, 6.45) is 25.5. The maximum absolute atomic E-state index is 15.4. The lowest BCUT2D eigenvalue weighted by molar-refractivity contribution is 0.351. The molecule has 0 aliphatic heterocycles. The molecule has 2 aromatic carbocycles. The van der Waals surface area contributed by atoms with Gasteiger partial charge in [-0.25, -0.2) is 0 Å². The first-order chi connectivity index (χ1) is 33.1. The minimum atomic E-state index is -0.509. The van der Waals surface area contributed by atoms with E-state index in [2.05, 4.69) is 37.4 Å². The van der Waals surface area contributed by atoms with Crippen molar-refractivity contribution in [2.24, 2.45) is 11.8 Å². The van der Waals surface area contributed by atoms with Gasteiger partial charge < -0.3 is 0 Å². The first-order valence-corrected chi connectivity index (χ1v) is 28.6. The number of nitrogens with zero attached hydrogens (tertiary/aromatic N) is 6. The van der Waals surface area contributed by atoms with Crippen LogP contribution in [0.1, 0.15) is 182 Å². The standard InChI is InChI=1S/C54H66N6O4S4/c1-7-11-15-19-21-25-29-35(27-23-17-13-9-3)33-59-49(61)40-38-39-41(45-44(40)65-53(66-45)37(31-55)32-56)50(62)60(34-36(28-24-18-14-10-4)30-26-22-20-16-12-8-2)52(64)43(39)47-46(42(38)51(59)63)67-54(68-47)48(57-5)58-6/h35-36H,7-30,33-34H2,1-4H3. The molecule has 4 heterocycles. The van der Waals surface area contributed by atoms with Gasteiger partial charge in [0.15, 0.2) is 9.42 Å². The predicted octanol–water partition coefficient (Wildman–Crippen LogP) is 14.0. The fourth-order valence-electron chi connectivity index (χ4n) is 10.1. The zero-order valence-corrected chi connectivity index (χ0v) is 43.8. The van der Waals surface area contributed by atoms with Crippen LogP contribution in [0.4, 0.5) is 0 Å². The molecule has 14 heteroatoms. The van der Waals surface area contributed by atoms with Crippen LogP contribution in [0.2, 0.25) is 0 Å². The number of hydrogen-bond acceptors (Lipinski definition) is 10. The fraction of sp³-hybridized carbons (Fsp3) is 0.593. The average molecular weight is 991 g/mol. The van der Waals surface area contributed by atoms with E-state index in [0.717, 1.165) is 174 Å². The molecule has 360 valence electrons. The Morgan fingerprint density at radius 3 is 1.03 bits per heavy atom. The highest BCUT2D eigenvalue weighted by atomic mass is 32.2. The molecule has 0 saturated heterocycles. The number of benzene rings is 2. The van der Waals surface area contributed by atoms with Crippen LogP contribution in [0.15, 0.2) is 19.2 Å². The highest BCUT2D eigenvalue weighted by Gasteiger charge is 2.31. The zero-order valence-electron chi connectivity index (χ0n) is 40.5. The van der Waals surface area contributed by atoms with Crippen molar-refractivity contribution in [2.45, 2.75) is 195 Å². The van der Waals surface area contributed by atoms with Crippen LogP contribution in [0.5, 0.6) is 0 Å². The molecule has 0 saturated carbocycles. The molecule has 4 aromatic heterocycles. The number of nitriles is 2. The molecular formula is C54H66N6O4S4. The van der Waals surface area contributed by atoms with Crippen LogP contribution in [0.3, 0.4) is 0 Å². The SMILES string of the molecule is [C-]#[N+]C([N+]#[C-])=c1sc2c(s1)c1c(=O)n(CC(CCCCCC)CCCCCCCC)c(=O)c3c4sc(=C(C#N)C#N)sc4c4c(=O)n(CC(CCCCCC)CCCCCCCC)c(=O)c2c4c31. The van der Waals surface area contributed by atoms with E-state index >= 15 is 19.2 Å². The van der Waals surface area contributed by atoms with Crippen LogP contribution >= 0.6 is 45.3 Å². The van der Waals surface area contributed by atoms with Gasteiger partial charge in [-0.15, -0.1) is 45.3 Å². The summed E-state index contributed by atoms with van der Waals surface area (Å²) in [6.45, 7) is 24.9. The molecule has 6 rings (SSSR count). The first-order valence-electron chi connectivity index (χ1n) is 25.3. The first kappa shape index (κ1) is 52.7. The second-order valence-corrected chi connectivity index (χ2v) is 23.3. The molecule has 0 N–H and O–H groups in total. The monoisotopic (exact) mass is 990 g/mol. The van der Waals surface area contributed by atoms with Crippen LogP contribution in [0.25, 0.3) is 72.2 Å². The van der Waals surface area contributed by atoms with Gasteiger partial charge in [-0.1, -0.05) is 156 Å². The summed E-state index contributed by atoms with van der Waals surface area (Å²) in [7, 11) is 0. The van der Waals surface area contributed by atoms with E-state index in [4.69, 9.17) is 13.1 Å². The molecule has 2 atom stereocenters. The highest BCUT2D eigenvalue weighted by molar-refractivity contribution is 7.38. The molecule has 0 amide bonds. The van der Waals surface area contributed by atoms with Crippen molar-refractivity contribution in [3.8, 4) is 12.1 Å². The number of rotatable bonds is 28. The highest BCUT2D eigenvalue weighted by Crippen LogP contribution is 2.44. The van der Waals surface area contributed by atoms with E-state index in [9.17, 15) is 10.5 Å². The molecule has 0 spiro atoms. The topological polar surface area (TPSA) is 134 Å². The molecule has 2 unspecified atom stereocenters. The second kappa shape index (κ2) is 25.8. The quantitative estimate of drug-likeness (QED) is 0.0273. The van der Waals surface area contributed by atoms with Gasteiger partial charge in [0, 0.05) is 23.9 Å². The van der Waals surface area contributed by atoms with E-state index in [0.29, 0.717) is 26.5 Å².